The summed E-state index contributed by atoms with van der Waals surface area (Å²) in [4.78, 5) is 5.47. The van der Waals surface area contributed by atoms with Gasteiger partial charge in [0.25, 0.3) is 0 Å². The lowest BCUT2D eigenvalue weighted by molar-refractivity contribution is 0.00281. The van der Waals surface area contributed by atoms with Gasteiger partial charge < -0.3 is 5.73 Å². The Kier molecular flexibility index (Phi) is 3.20. The highest BCUT2D eigenvalue weighted by Gasteiger charge is 2.52. The Hall–Kier alpha value is -0.120. The van der Waals surface area contributed by atoms with Crippen molar-refractivity contribution in [1.29, 1.82) is 0 Å². The summed E-state index contributed by atoms with van der Waals surface area (Å²) in [6, 6.07) is 0.747. The van der Waals surface area contributed by atoms with Gasteiger partial charge in [-0.25, -0.2) is 0 Å². The van der Waals surface area contributed by atoms with E-state index >= 15 is 0 Å². The fourth-order valence-electron chi connectivity index (χ4n) is 4.75. The monoisotopic (exact) mass is 251 g/mol. The molecule has 3 aliphatic rings. The topological polar surface area (TPSA) is 32.5 Å². The normalized spacial score (nSPS) is 41.2. The van der Waals surface area contributed by atoms with Gasteiger partial charge in [0.1, 0.15) is 0 Å². The summed E-state index contributed by atoms with van der Waals surface area (Å²) in [6.45, 7) is 10.8. The van der Waals surface area contributed by atoms with Crippen LogP contribution in [0.5, 0.6) is 0 Å². The SMILES string of the molecule is CC1(C)CCCN(C2(CN)CCN3CCCC32)C1. The Balaban J connectivity index is 1.83. The third-order valence-corrected chi connectivity index (χ3v) is 5.70. The van der Waals surface area contributed by atoms with Crippen LogP contribution < -0.4 is 5.73 Å². The average molecular weight is 251 g/mol. The van der Waals surface area contributed by atoms with Crippen LogP contribution >= 0.6 is 0 Å². The van der Waals surface area contributed by atoms with Crippen molar-refractivity contribution in [3.63, 3.8) is 0 Å². The van der Waals surface area contributed by atoms with Gasteiger partial charge in [-0.1, -0.05) is 13.8 Å². The van der Waals surface area contributed by atoms with E-state index in [1.165, 1.54) is 58.3 Å². The highest BCUT2D eigenvalue weighted by Crippen LogP contribution is 2.43. The van der Waals surface area contributed by atoms with Crippen LogP contribution in [-0.4, -0.2) is 54.1 Å². The predicted molar refractivity (Wildman–Crippen MR) is 75.6 cm³/mol. The molecule has 0 aromatic carbocycles. The van der Waals surface area contributed by atoms with Gasteiger partial charge in [-0.15, -0.1) is 0 Å². The number of nitrogens with zero attached hydrogens (tertiary/aromatic N) is 2. The van der Waals surface area contributed by atoms with Gasteiger partial charge in [-0.2, -0.15) is 0 Å². The molecule has 3 fully saturated rings. The first-order valence-electron chi connectivity index (χ1n) is 7.77. The summed E-state index contributed by atoms with van der Waals surface area (Å²) in [7, 11) is 0. The van der Waals surface area contributed by atoms with E-state index in [4.69, 9.17) is 5.73 Å². The molecule has 0 saturated carbocycles. The minimum atomic E-state index is 0.300. The Labute approximate surface area is 112 Å². The van der Waals surface area contributed by atoms with E-state index in [1.807, 2.05) is 0 Å². The van der Waals surface area contributed by atoms with Gasteiger partial charge in [0.05, 0.1) is 0 Å². The smallest absolute Gasteiger partial charge is 0.0499 e. The number of fused-ring (bicyclic) bond motifs is 1. The van der Waals surface area contributed by atoms with Crippen LogP contribution in [0, 0.1) is 5.41 Å². The zero-order valence-corrected chi connectivity index (χ0v) is 12.1. The van der Waals surface area contributed by atoms with Crippen molar-refractivity contribution in [3.05, 3.63) is 0 Å². The maximum absolute atomic E-state index is 6.28. The molecule has 0 aromatic heterocycles. The van der Waals surface area contributed by atoms with E-state index in [9.17, 15) is 0 Å². The van der Waals surface area contributed by atoms with E-state index in [0.29, 0.717) is 11.0 Å². The van der Waals surface area contributed by atoms with E-state index in [0.717, 1.165) is 12.6 Å². The minimum absolute atomic E-state index is 0.300. The molecule has 3 heterocycles. The first-order valence-corrected chi connectivity index (χ1v) is 7.77. The molecule has 0 spiro atoms. The zero-order chi connectivity index (χ0) is 12.8. The molecule has 104 valence electrons. The summed E-state index contributed by atoms with van der Waals surface area (Å²) < 4.78 is 0. The summed E-state index contributed by atoms with van der Waals surface area (Å²) in [5.74, 6) is 0. The second-order valence-corrected chi connectivity index (χ2v) is 7.44. The van der Waals surface area contributed by atoms with Crippen molar-refractivity contribution in [2.24, 2.45) is 11.1 Å². The molecule has 0 radical (unpaired) electrons. The van der Waals surface area contributed by atoms with E-state index in [-0.39, 0.29) is 0 Å². The lowest BCUT2D eigenvalue weighted by Crippen LogP contribution is -2.63. The van der Waals surface area contributed by atoms with Crippen LogP contribution in [0.2, 0.25) is 0 Å². The van der Waals surface area contributed by atoms with Crippen molar-refractivity contribution < 1.29 is 0 Å². The Morgan fingerprint density at radius 2 is 1.94 bits per heavy atom. The quantitative estimate of drug-likeness (QED) is 0.810. The second kappa shape index (κ2) is 4.46. The maximum Gasteiger partial charge on any atom is 0.0499 e. The van der Waals surface area contributed by atoms with Crippen molar-refractivity contribution in [3.8, 4) is 0 Å². The molecular weight excluding hydrogens is 222 g/mol. The van der Waals surface area contributed by atoms with Crippen molar-refractivity contribution in [2.75, 3.05) is 32.7 Å². The van der Waals surface area contributed by atoms with E-state index < -0.39 is 0 Å². The molecule has 18 heavy (non-hydrogen) atoms. The van der Waals surface area contributed by atoms with Gasteiger partial charge in [0, 0.05) is 31.2 Å². The number of hydrogen-bond acceptors (Lipinski definition) is 3. The third-order valence-electron chi connectivity index (χ3n) is 5.70. The molecule has 0 aromatic rings. The third kappa shape index (κ3) is 1.91. The minimum Gasteiger partial charge on any atom is -0.329 e. The summed E-state index contributed by atoms with van der Waals surface area (Å²) in [6.07, 6.45) is 6.77. The second-order valence-electron chi connectivity index (χ2n) is 7.44. The molecule has 3 nitrogen and oxygen atoms in total. The first kappa shape index (κ1) is 12.9. The van der Waals surface area contributed by atoms with Gasteiger partial charge in [-0.3, -0.25) is 9.80 Å². The molecular formula is C15H29N3. The highest BCUT2D eigenvalue weighted by atomic mass is 15.3. The van der Waals surface area contributed by atoms with E-state index in [2.05, 4.69) is 23.6 Å². The molecule has 3 heteroatoms. The van der Waals surface area contributed by atoms with Crippen LogP contribution in [0.4, 0.5) is 0 Å². The predicted octanol–water partition coefficient (Wildman–Crippen LogP) is 1.67. The maximum atomic E-state index is 6.28. The standard InChI is InChI=1S/C15H29N3/c1-14(2)6-4-9-18(12-14)15(11-16)7-10-17-8-3-5-13(15)17/h13H,3-12,16H2,1-2H3. The number of rotatable bonds is 2. The molecule has 2 N–H and O–H groups in total. The van der Waals surface area contributed by atoms with E-state index in [1.54, 1.807) is 0 Å². The largest absolute Gasteiger partial charge is 0.329 e. The summed E-state index contributed by atoms with van der Waals surface area (Å²) in [5, 5.41) is 0. The lowest BCUT2D eigenvalue weighted by Gasteiger charge is -2.50. The number of nitrogens with two attached hydrogens (primary N) is 1. The Bertz CT molecular complexity index is 315. The molecule has 0 amide bonds. The molecule has 3 rings (SSSR count). The summed E-state index contributed by atoms with van der Waals surface area (Å²) in [5.41, 5.74) is 7.05. The lowest BCUT2D eigenvalue weighted by atomic mass is 9.78. The van der Waals surface area contributed by atoms with Crippen LogP contribution in [0.15, 0.2) is 0 Å². The molecule has 0 bridgehead atoms. The van der Waals surface area contributed by atoms with Crippen LogP contribution in [0.25, 0.3) is 0 Å². The molecule has 3 aliphatic heterocycles. The highest BCUT2D eigenvalue weighted by molar-refractivity contribution is 5.10. The zero-order valence-electron chi connectivity index (χ0n) is 12.1. The number of hydrogen-bond donors (Lipinski definition) is 1. The van der Waals surface area contributed by atoms with Crippen LogP contribution in [-0.2, 0) is 0 Å². The number of piperidine rings is 1. The Morgan fingerprint density at radius 1 is 1.11 bits per heavy atom. The fourth-order valence-corrected chi connectivity index (χ4v) is 4.75. The van der Waals surface area contributed by atoms with Crippen LogP contribution in [0.1, 0.15) is 46.0 Å². The first-order chi connectivity index (χ1) is 8.57. The fraction of sp³-hybridized carbons (Fsp3) is 1.00. The average Bonchev–Trinajstić information content (AvgIpc) is 2.88. The van der Waals surface area contributed by atoms with Gasteiger partial charge in [0.15, 0.2) is 0 Å². The van der Waals surface area contributed by atoms with Gasteiger partial charge in [0.2, 0.25) is 0 Å². The summed E-state index contributed by atoms with van der Waals surface area (Å²) >= 11 is 0. The van der Waals surface area contributed by atoms with Crippen molar-refractivity contribution >= 4 is 0 Å². The molecule has 2 atom stereocenters. The van der Waals surface area contributed by atoms with Crippen LogP contribution in [0.3, 0.4) is 0 Å². The van der Waals surface area contributed by atoms with Crippen molar-refractivity contribution in [2.45, 2.75) is 57.5 Å². The molecule has 3 saturated heterocycles. The Morgan fingerprint density at radius 3 is 2.67 bits per heavy atom. The molecule has 0 aliphatic carbocycles. The number of likely N-dealkylation sites (tertiary alicyclic amines) is 1. The van der Waals surface area contributed by atoms with Gasteiger partial charge >= 0.3 is 0 Å². The van der Waals surface area contributed by atoms with Crippen molar-refractivity contribution in [1.82, 2.24) is 9.80 Å². The van der Waals surface area contributed by atoms with Gasteiger partial charge in [-0.05, 0) is 50.6 Å². The molecule has 2 unspecified atom stereocenters.